The molecule has 4 aromatic carbocycles. The maximum Gasteiger partial charge on any atom is 0.282 e. The highest BCUT2D eigenvalue weighted by molar-refractivity contribution is 6.32. The molecular formula is C32H22Cl3N3O4. The molecule has 2 heterocycles. The normalized spacial score (nSPS) is 11.5. The quantitative estimate of drug-likeness (QED) is 0.160. The van der Waals surface area contributed by atoms with Crippen LogP contribution in [-0.2, 0) is 6.61 Å². The van der Waals surface area contributed by atoms with Crippen LogP contribution in [0.15, 0.2) is 99.2 Å². The number of halogens is 3. The Morgan fingerprint density at radius 1 is 0.929 bits per heavy atom. The van der Waals surface area contributed by atoms with Crippen molar-refractivity contribution in [3.8, 4) is 23.1 Å². The zero-order valence-electron chi connectivity index (χ0n) is 22.2. The summed E-state index contributed by atoms with van der Waals surface area (Å²) in [6.45, 7) is 2.53. The summed E-state index contributed by atoms with van der Waals surface area (Å²) in [5, 5.41) is 7.26. The molecule has 2 aromatic heterocycles. The summed E-state index contributed by atoms with van der Waals surface area (Å²) < 4.78 is 19.1. The molecule has 0 aliphatic rings. The predicted octanol–water partition coefficient (Wildman–Crippen LogP) is 8.63. The van der Waals surface area contributed by atoms with E-state index in [4.69, 9.17) is 53.7 Å². The van der Waals surface area contributed by atoms with Gasteiger partial charge in [-0.05, 0) is 78.7 Å². The second-order valence-corrected chi connectivity index (χ2v) is 10.6. The van der Waals surface area contributed by atoms with Crippen LogP contribution in [0.3, 0.4) is 0 Å². The molecule has 0 radical (unpaired) electrons. The van der Waals surface area contributed by atoms with E-state index >= 15 is 0 Å². The third kappa shape index (κ3) is 5.72. The molecule has 210 valence electrons. The van der Waals surface area contributed by atoms with Gasteiger partial charge in [-0.2, -0.15) is 9.78 Å². The Balaban J connectivity index is 1.40. The maximum atomic E-state index is 13.6. The molecule has 10 heteroatoms. The molecule has 0 aliphatic heterocycles. The summed E-state index contributed by atoms with van der Waals surface area (Å²) in [5.74, 6) is 1.45. The number of hydrogen-bond donors (Lipinski definition) is 0. The molecule has 6 rings (SSSR count). The zero-order chi connectivity index (χ0) is 29.2. The van der Waals surface area contributed by atoms with Crippen molar-refractivity contribution in [2.24, 2.45) is 5.10 Å². The highest BCUT2D eigenvalue weighted by Crippen LogP contribution is 2.37. The number of hydrogen-bond acceptors (Lipinski definition) is 6. The van der Waals surface area contributed by atoms with Crippen LogP contribution >= 0.6 is 34.8 Å². The zero-order valence-corrected chi connectivity index (χ0v) is 24.5. The van der Waals surface area contributed by atoms with E-state index in [0.717, 1.165) is 10.9 Å². The number of furan rings is 1. The second kappa shape index (κ2) is 11.9. The average Bonchev–Trinajstić information content (AvgIpc) is 3.40. The fraction of sp³-hybridized carbons (Fsp3) is 0.0938. The van der Waals surface area contributed by atoms with Crippen molar-refractivity contribution in [1.29, 1.82) is 0 Å². The summed E-state index contributed by atoms with van der Waals surface area (Å²) in [6.07, 6.45) is 1.51. The molecule has 0 aliphatic carbocycles. The predicted molar refractivity (Wildman–Crippen MR) is 168 cm³/mol. The molecule has 0 atom stereocenters. The summed E-state index contributed by atoms with van der Waals surface area (Å²) in [6, 6.07) is 24.9. The summed E-state index contributed by atoms with van der Waals surface area (Å²) >= 11 is 18.8. The first-order valence-electron chi connectivity index (χ1n) is 13.0. The monoisotopic (exact) mass is 617 g/mol. The fourth-order valence-electron chi connectivity index (χ4n) is 4.44. The Morgan fingerprint density at radius 3 is 2.52 bits per heavy atom. The Kier molecular flexibility index (Phi) is 7.89. The Labute approximate surface area is 255 Å². The van der Waals surface area contributed by atoms with Crippen LogP contribution in [-0.4, -0.2) is 22.5 Å². The smallest absolute Gasteiger partial charge is 0.282 e. The lowest BCUT2D eigenvalue weighted by Crippen LogP contribution is -2.20. The van der Waals surface area contributed by atoms with Gasteiger partial charge in [0.1, 0.15) is 12.2 Å². The summed E-state index contributed by atoms with van der Waals surface area (Å²) in [7, 11) is 0. The van der Waals surface area contributed by atoms with E-state index in [1.165, 1.54) is 10.9 Å². The Hall–Kier alpha value is -4.30. The molecule has 0 N–H and O–H groups in total. The first kappa shape index (κ1) is 27.8. The standard InChI is InChI=1S/C32H22Cl3N3O4/c1-2-40-28-14-20(13-25(35)30(28)41-18-19-7-9-22(33)10-8-19)17-36-38-31(37-26-6-4-3-5-24(26)32(38)39)29-16-21-15-23(34)11-12-27(21)42-29/h3-17H,2,18H2,1H3. The van der Waals surface area contributed by atoms with Gasteiger partial charge in [-0.3, -0.25) is 4.79 Å². The number of aromatic nitrogens is 2. The van der Waals surface area contributed by atoms with Crippen molar-refractivity contribution in [1.82, 2.24) is 9.66 Å². The second-order valence-electron chi connectivity index (χ2n) is 9.29. The van der Waals surface area contributed by atoms with Crippen LogP contribution in [0.2, 0.25) is 15.1 Å². The van der Waals surface area contributed by atoms with Crippen molar-refractivity contribution in [3.05, 3.63) is 121 Å². The van der Waals surface area contributed by atoms with Crippen molar-refractivity contribution >= 4 is 62.9 Å². The third-order valence-corrected chi connectivity index (χ3v) is 7.17. The van der Waals surface area contributed by atoms with E-state index in [-0.39, 0.29) is 18.0 Å². The molecule has 0 saturated heterocycles. The van der Waals surface area contributed by atoms with E-state index in [1.807, 2.05) is 25.1 Å². The molecule has 7 nitrogen and oxygen atoms in total. The number of rotatable bonds is 8. The van der Waals surface area contributed by atoms with Gasteiger partial charge in [-0.25, -0.2) is 4.98 Å². The minimum absolute atomic E-state index is 0.237. The first-order valence-corrected chi connectivity index (χ1v) is 14.1. The van der Waals surface area contributed by atoms with E-state index in [2.05, 4.69) is 5.10 Å². The Bertz CT molecular complexity index is 2020. The first-order chi connectivity index (χ1) is 20.4. The van der Waals surface area contributed by atoms with Crippen LogP contribution in [0.4, 0.5) is 0 Å². The minimum Gasteiger partial charge on any atom is -0.490 e. The minimum atomic E-state index is -0.357. The van der Waals surface area contributed by atoms with Crippen molar-refractivity contribution in [2.75, 3.05) is 6.61 Å². The largest absolute Gasteiger partial charge is 0.490 e. The highest BCUT2D eigenvalue weighted by atomic mass is 35.5. The van der Waals surface area contributed by atoms with Crippen LogP contribution < -0.4 is 15.0 Å². The number of fused-ring (bicyclic) bond motifs is 2. The van der Waals surface area contributed by atoms with Crippen LogP contribution in [0.5, 0.6) is 11.5 Å². The van der Waals surface area contributed by atoms with E-state index in [0.29, 0.717) is 61.0 Å². The lowest BCUT2D eigenvalue weighted by Gasteiger charge is -2.14. The lowest BCUT2D eigenvalue weighted by molar-refractivity contribution is 0.269. The van der Waals surface area contributed by atoms with Gasteiger partial charge in [0.15, 0.2) is 17.3 Å². The van der Waals surface area contributed by atoms with Gasteiger partial charge in [-0.1, -0.05) is 59.1 Å². The van der Waals surface area contributed by atoms with Gasteiger partial charge in [0.05, 0.1) is 28.7 Å². The van der Waals surface area contributed by atoms with Gasteiger partial charge in [0, 0.05) is 15.4 Å². The van der Waals surface area contributed by atoms with Gasteiger partial charge in [-0.15, -0.1) is 0 Å². The molecule has 0 amide bonds. The van der Waals surface area contributed by atoms with E-state index < -0.39 is 0 Å². The molecule has 0 fully saturated rings. The number of ether oxygens (including phenoxy) is 2. The van der Waals surface area contributed by atoms with Gasteiger partial charge >= 0.3 is 0 Å². The maximum absolute atomic E-state index is 13.6. The van der Waals surface area contributed by atoms with Crippen molar-refractivity contribution in [3.63, 3.8) is 0 Å². The van der Waals surface area contributed by atoms with Gasteiger partial charge in [0.2, 0.25) is 5.82 Å². The van der Waals surface area contributed by atoms with Crippen LogP contribution in [0, 0.1) is 0 Å². The SMILES string of the molecule is CCOc1cc(C=Nn2c(-c3cc4cc(Cl)ccc4o3)nc3ccccc3c2=O)cc(Cl)c1OCc1ccc(Cl)cc1. The van der Waals surface area contributed by atoms with E-state index in [9.17, 15) is 4.79 Å². The fourth-order valence-corrected chi connectivity index (χ4v) is 5.02. The van der Waals surface area contributed by atoms with Crippen molar-refractivity contribution in [2.45, 2.75) is 13.5 Å². The van der Waals surface area contributed by atoms with Gasteiger partial charge in [0.25, 0.3) is 5.56 Å². The molecule has 0 spiro atoms. The molecule has 0 saturated carbocycles. The number of nitrogens with zero attached hydrogens (tertiary/aromatic N) is 3. The Morgan fingerprint density at radius 2 is 1.71 bits per heavy atom. The summed E-state index contributed by atoms with van der Waals surface area (Å²) in [4.78, 5) is 18.3. The lowest BCUT2D eigenvalue weighted by atomic mass is 10.2. The highest BCUT2D eigenvalue weighted by Gasteiger charge is 2.17. The summed E-state index contributed by atoms with van der Waals surface area (Å²) in [5.41, 5.74) is 2.28. The van der Waals surface area contributed by atoms with Gasteiger partial charge < -0.3 is 13.9 Å². The number of benzene rings is 4. The molecule has 42 heavy (non-hydrogen) atoms. The van der Waals surface area contributed by atoms with Crippen LogP contribution in [0.1, 0.15) is 18.1 Å². The molecule has 0 bridgehead atoms. The molecule has 0 unspecified atom stereocenters. The molecular weight excluding hydrogens is 597 g/mol. The van der Waals surface area contributed by atoms with Crippen LogP contribution in [0.25, 0.3) is 33.5 Å². The van der Waals surface area contributed by atoms with E-state index in [1.54, 1.807) is 66.7 Å². The third-order valence-electron chi connectivity index (χ3n) is 6.40. The topological polar surface area (TPSA) is 78.9 Å². The van der Waals surface area contributed by atoms with Crippen molar-refractivity contribution < 1.29 is 13.9 Å². The number of para-hydroxylation sites is 1. The molecule has 6 aromatic rings. The average molecular weight is 619 g/mol.